The van der Waals surface area contributed by atoms with E-state index in [2.05, 4.69) is 26.1 Å². The van der Waals surface area contributed by atoms with E-state index < -0.39 is 5.60 Å². The second-order valence-electron chi connectivity index (χ2n) is 7.34. The third kappa shape index (κ3) is 6.39. The molecule has 0 aliphatic rings. The molecule has 0 unspecified atom stereocenters. The molecule has 0 fully saturated rings. The second kappa shape index (κ2) is 7.05. The molecule has 4 heteroatoms. The summed E-state index contributed by atoms with van der Waals surface area (Å²) in [4.78, 5) is 23.7. The summed E-state index contributed by atoms with van der Waals surface area (Å²) < 4.78 is 0. The molecule has 1 rings (SSSR count). The monoisotopic (exact) mass is 305 g/mol. The van der Waals surface area contributed by atoms with Gasteiger partial charge in [-0.3, -0.25) is 9.59 Å². The summed E-state index contributed by atoms with van der Waals surface area (Å²) in [5, 5.41) is 12.1. The van der Waals surface area contributed by atoms with Gasteiger partial charge in [0.2, 0.25) is 5.91 Å². The van der Waals surface area contributed by atoms with Gasteiger partial charge in [0.25, 0.3) is 0 Å². The van der Waals surface area contributed by atoms with Gasteiger partial charge in [-0.15, -0.1) is 0 Å². The van der Waals surface area contributed by atoms with Crippen molar-refractivity contribution >= 4 is 11.7 Å². The van der Waals surface area contributed by atoms with Crippen LogP contribution in [0, 0.1) is 0 Å². The summed E-state index contributed by atoms with van der Waals surface area (Å²) in [6.45, 7) is 9.79. The number of hydrogen-bond donors (Lipinski definition) is 2. The van der Waals surface area contributed by atoms with Crippen LogP contribution in [0.1, 0.15) is 63.4 Å². The van der Waals surface area contributed by atoms with Gasteiger partial charge >= 0.3 is 0 Å². The largest absolute Gasteiger partial charge is 0.389 e. The average molecular weight is 305 g/mol. The lowest BCUT2D eigenvalue weighted by molar-refractivity contribution is -0.122. The van der Waals surface area contributed by atoms with E-state index in [9.17, 15) is 14.7 Å². The smallest absolute Gasteiger partial charge is 0.220 e. The molecule has 0 aromatic heterocycles. The van der Waals surface area contributed by atoms with Gasteiger partial charge in [0.1, 0.15) is 0 Å². The molecule has 0 aliphatic carbocycles. The van der Waals surface area contributed by atoms with Crippen LogP contribution < -0.4 is 5.32 Å². The van der Waals surface area contributed by atoms with Crippen molar-refractivity contribution in [2.75, 3.05) is 6.54 Å². The van der Waals surface area contributed by atoms with Gasteiger partial charge in [0.05, 0.1) is 5.60 Å². The molecule has 0 aliphatic heterocycles. The topological polar surface area (TPSA) is 66.4 Å². The Morgan fingerprint density at radius 3 is 2.00 bits per heavy atom. The lowest BCUT2D eigenvalue weighted by Crippen LogP contribution is -2.38. The Balaban J connectivity index is 2.51. The molecule has 0 saturated heterocycles. The quantitative estimate of drug-likeness (QED) is 0.794. The van der Waals surface area contributed by atoms with Crippen molar-refractivity contribution in [3.8, 4) is 0 Å². The number of aliphatic hydroxyl groups is 1. The third-order valence-electron chi connectivity index (χ3n) is 3.37. The molecule has 22 heavy (non-hydrogen) atoms. The van der Waals surface area contributed by atoms with Crippen LogP contribution >= 0.6 is 0 Å². The molecule has 4 nitrogen and oxygen atoms in total. The number of hydrogen-bond acceptors (Lipinski definition) is 3. The molecular weight excluding hydrogens is 278 g/mol. The van der Waals surface area contributed by atoms with Crippen molar-refractivity contribution in [1.29, 1.82) is 0 Å². The fraction of sp³-hybridized carbons (Fsp3) is 0.556. The molecule has 0 saturated carbocycles. The summed E-state index contributed by atoms with van der Waals surface area (Å²) in [5.74, 6) is -0.263. The molecule has 122 valence electrons. The summed E-state index contributed by atoms with van der Waals surface area (Å²) in [6.07, 6.45) is 0.308. The van der Waals surface area contributed by atoms with E-state index in [0.717, 1.165) is 0 Å². The number of ketones is 1. The fourth-order valence-electron chi connectivity index (χ4n) is 1.93. The first-order valence-corrected chi connectivity index (χ1v) is 7.62. The molecular formula is C18H27NO3. The van der Waals surface area contributed by atoms with Crippen LogP contribution in [0.15, 0.2) is 24.3 Å². The minimum Gasteiger partial charge on any atom is -0.389 e. The zero-order valence-corrected chi connectivity index (χ0v) is 14.2. The number of amides is 1. The standard InChI is InChI=1S/C18H27NO3/c1-17(2,3)14-8-6-13(7-9-14)15(20)10-11-16(21)19-12-18(4,5)22/h6-9,22H,10-12H2,1-5H3,(H,19,21). The maximum Gasteiger partial charge on any atom is 0.220 e. The number of rotatable bonds is 6. The molecule has 1 aromatic carbocycles. The van der Waals surface area contributed by atoms with Gasteiger partial charge in [0.15, 0.2) is 5.78 Å². The minimum atomic E-state index is -0.942. The summed E-state index contributed by atoms with van der Waals surface area (Å²) in [5.41, 5.74) is 0.913. The van der Waals surface area contributed by atoms with Crippen LogP contribution in [0.5, 0.6) is 0 Å². The average Bonchev–Trinajstić information content (AvgIpc) is 2.41. The first kappa shape index (κ1) is 18.4. The van der Waals surface area contributed by atoms with Crippen LogP contribution in [-0.4, -0.2) is 28.9 Å². The highest BCUT2D eigenvalue weighted by molar-refractivity contribution is 5.98. The first-order valence-electron chi connectivity index (χ1n) is 7.62. The van der Waals surface area contributed by atoms with Crippen molar-refractivity contribution in [3.05, 3.63) is 35.4 Å². The normalized spacial score (nSPS) is 12.1. The van der Waals surface area contributed by atoms with Crippen LogP contribution in [0.2, 0.25) is 0 Å². The lowest BCUT2D eigenvalue weighted by atomic mass is 9.86. The maximum atomic E-state index is 12.1. The van der Waals surface area contributed by atoms with Gasteiger partial charge < -0.3 is 10.4 Å². The Bertz CT molecular complexity index is 519. The Hall–Kier alpha value is -1.68. The number of carbonyl (C=O) groups is 2. The zero-order chi connectivity index (χ0) is 17.0. The molecule has 1 aromatic rings. The Morgan fingerprint density at radius 2 is 1.55 bits per heavy atom. The SMILES string of the molecule is CC(C)(O)CNC(=O)CCC(=O)c1ccc(C(C)(C)C)cc1. The lowest BCUT2D eigenvalue weighted by Gasteiger charge is -2.19. The van der Waals surface area contributed by atoms with Crippen molar-refractivity contribution in [2.45, 2.75) is 58.5 Å². The number of carbonyl (C=O) groups excluding carboxylic acids is 2. The van der Waals surface area contributed by atoms with E-state index in [0.29, 0.717) is 5.56 Å². The van der Waals surface area contributed by atoms with Gasteiger partial charge in [0, 0.05) is 24.9 Å². The molecule has 2 N–H and O–H groups in total. The zero-order valence-electron chi connectivity index (χ0n) is 14.2. The third-order valence-corrected chi connectivity index (χ3v) is 3.37. The number of nitrogens with one attached hydrogen (secondary N) is 1. The van der Waals surface area contributed by atoms with Crippen molar-refractivity contribution in [2.24, 2.45) is 0 Å². The fourth-order valence-corrected chi connectivity index (χ4v) is 1.93. The number of Topliss-reactive ketones (excluding diaryl/α,β-unsaturated/α-hetero) is 1. The van der Waals surface area contributed by atoms with E-state index in [4.69, 9.17) is 0 Å². The Labute approximate surface area is 132 Å². The predicted octanol–water partition coefficient (Wildman–Crippen LogP) is 2.83. The minimum absolute atomic E-state index is 0.0427. The van der Waals surface area contributed by atoms with Crippen LogP contribution in [0.4, 0.5) is 0 Å². The molecule has 0 bridgehead atoms. The van der Waals surface area contributed by atoms with E-state index in [1.165, 1.54) is 5.56 Å². The highest BCUT2D eigenvalue weighted by atomic mass is 16.3. The number of benzene rings is 1. The molecule has 0 heterocycles. The molecule has 0 radical (unpaired) electrons. The van der Waals surface area contributed by atoms with Crippen molar-refractivity contribution in [3.63, 3.8) is 0 Å². The predicted molar refractivity (Wildman–Crippen MR) is 88.0 cm³/mol. The van der Waals surface area contributed by atoms with E-state index >= 15 is 0 Å². The van der Waals surface area contributed by atoms with Gasteiger partial charge in [-0.2, -0.15) is 0 Å². The highest BCUT2D eigenvalue weighted by Gasteiger charge is 2.16. The van der Waals surface area contributed by atoms with E-state index in [1.54, 1.807) is 13.8 Å². The summed E-state index contributed by atoms with van der Waals surface area (Å²) in [7, 11) is 0. The summed E-state index contributed by atoms with van der Waals surface area (Å²) >= 11 is 0. The molecule has 1 amide bonds. The molecule has 0 spiro atoms. The molecule has 0 atom stereocenters. The van der Waals surface area contributed by atoms with E-state index in [-0.39, 0.29) is 36.5 Å². The summed E-state index contributed by atoms with van der Waals surface area (Å²) in [6, 6.07) is 7.55. The van der Waals surface area contributed by atoms with Gasteiger partial charge in [-0.05, 0) is 24.8 Å². The Morgan fingerprint density at radius 1 is 1.00 bits per heavy atom. The van der Waals surface area contributed by atoms with Crippen LogP contribution in [0.3, 0.4) is 0 Å². The Kier molecular flexibility index (Phi) is 5.89. The van der Waals surface area contributed by atoms with Crippen molar-refractivity contribution in [1.82, 2.24) is 5.32 Å². The van der Waals surface area contributed by atoms with Crippen LogP contribution in [0.25, 0.3) is 0 Å². The maximum absolute atomic E-state index is 12.1. The van der Waals surface area contributed by atoms with Crippen LogP contribution in [-0.2, 0) is 10.2 Å². The highest BCUT2D eigenvalue weighted by Crippen LogP contribution is 2.22. The van der Waals surface area contributed by atoms with E-state index in [1.807, 2.05) is 24.3 Å². The van der Waals surface area contributed by atoms with Gasteiger partial charge in [-0.25, -0.2) is 0 Å². The first-order chi connectivity index (χ1) is 9.99. The van der Waals surface area contributed by atoms with Crippen molar-refractivity contribution < 1.29 is 14.7 Å². The second-order valence-corrected chi connectivity index (χ2v) is 7.34. The van der Waals surface area contributed by atoms with Gasteiger partial charge in [-0.1, -0.05) is 45.0 Å².